The summed E-state index contributed by atoms with van der Waals surface area (Å²) in [4.78, 5) is 5.30. The van der Waals surface area contributed by atoms with Gasteiger partial charge >= 0.3 is 0 Å². The van der Waals surface area contributed by atoms with E-state index in [2.05, 4.69) is 39.8 Å². The van der Waals surface area contributed by atoms with E-state index in [1.165, 1.54) is 11.2 Å². The zero-order valence-electron chi connectivity index (χ0n) is 11.5. The summed E-state index contributed by atoms with van der Waals surface area (Å²) in [7, 11) is 0. The highest BCUT2D eigenvalue weighted by Crippen LogP contribution is 2.32. The molecule has 108 valence electrons. The molecule has 1 unspecified atom stereocenters. The van der Waals surface area contributed by atoms with Gasteiger partial charge in [-0.15, -0.1) is 11.3 Å². The molecule has 0 aliphatic rings. The molecule has 0 radical (unpaired) electrons. The Morgan fingerprint density at radius 2 is 2.24 bits per heavy atom. The Bertz CT molecular complexity index is 695. The number of rotatable bonds is 5. The van der Waals surface area contributed by atoms with Gasteiger partial charge < -0.3 is 5.32 Å². The Balaban J connectivity index is 1.97. The SMILES string of the molecule is CCC(Nc1cccc(Cl)c1-n1cncn1)c1cccs1. The average Bonchev–Trinajstić information content (AvgIpc) is 3.18. The number of thiophene rings is 1. The number of para-hydroxylation sites is 1. The highest BCUT2D eigenvalue weighted by Gasteiger charge is 2.15. The van der Waals surface area contributed by atoms with Crippen molar-refractivity contribution in [3.63, 3.8) is 0 Å². The van der Waals surface area contributed by atoms with E-state index >= 15 is 0 Å². The van der Waals surface area contributed by atoms with Gasteiger partial charge in [0, 0.05) is 4.88 Å². The third-order valence-corrected chi connectivity index (χ3v) is 4.55. The first kappa shape index (κ1) is 14.1. The molecule has 2 aromatic heterocycles. The topological polar surface area (TPSA) is 42.7 Å². The first-order valence-corrected chi connectivity index (χ1v) is 7.98. The fourth-order valence-electron chi connectivity index (χ4n) is 2.24. The Hall–Kier alpha value is -1.85. The summed E-state index contributed by atoms with van der Waals surface area (Å²) in [5.74, 6) is 0. The summed E-state index contributed by atoms with van der Waals surface area (Å²) in [6, 6.07) is 10.3. The van der Waals surface area contributed by atoms with E-state index < -0.39 is 0 Å². The second-order valence-corrected chi connectivity index (χ2v) is 5.98. The van der Waals surface area contributed by atoms with Crippen LogP contribution in [-0.4, -0.2) is 14.8 Å². The predicted octanol–water partition coefficient (Wildman–Crippen LogP) is 4.55. The normalized spacial score (nSPS) is 12.3. The number of nitrogens with zero attached hydrogens (tertiary/aromatic N) is 3. The van der Waals surface area contributed by atoms with Gasteiger partial charge in [0.15, 0.2) is 0 Å². The van der Waals surface area contributed by atoms with Crippen molar-refractivity contribution in [2.24, 2.45) is 0 Å². The molecule has 0 amide bonds. The van der Waals surface area contributed by atoms with E-state index in [0.29, 0.717) is 5.02 Å². The molecule has 0 aliphatic heterocycles. The lowest BCUT2D eigenvalue weighted by Crippen LogP contribution is -2.11. The molecule has 0 saturated heterocycles. The zero-order chi connectivity index (χ0) is 14.7. The van der Waals surface area contributed by atoms with Gasteiger partial charge in [0.25, 0.3) is 0 Å². The molecule has 3 rings (SSSR count). The molecular weight excluding hydrogens is 304 g/mol. The first-order valence-electron chi connectivity index (χ1n) is 6.73. The maximum absolute atomic E-state index is 6.35. The summed E-state index contributed by atoms with van der Waals surface area (Å²) in [6.45, 7) is 2.16. The van der Waals surface area contributed by atoms with Crippen molar-refractivity contribution >= 4 is 28.6 Å². The number of hydrogen-bond donors (Lipinski definition) is 1. The summed E-state index contributed by atoms with van der Waals surface area (Å²) in [6.07, 6.45) is 4.14. The standard InChI is InChI=1S/C15H15ClN4S/c1-2-12(14-7-4-8-21-14)19-13-6-3-5-11(16)15(13)20-10-17-9-18-20/h3-10,12,19H,2H2,1H3. The van der Waals surface area contributed by atoms with Gasteiger partial charge in [-0.2, -0.15) is 5.10 Å². The Labute approximate surface area is 132 Å². The van der Waals surface area contributed by atoms with E-state index in [9.17, 15) is 0 Å². The van der Waals surface area contributed by atoms with Crippen molar-refractivity contribution in [3.05, 3.63) is 58.3 Å². The lowest BCUT2D eigenvalue weighted by atomic mass is 10.1. The second kappa shape index (κ2) is 6.28. The maximum atomic E-state index is 6.35. The van der Waals surface area contributed by atoms with E-state index in [-0.39, 0.29) is 6.04 Å². The number of benzene rings is 1. The first-order chi connectivity index (χ1) is 10.3. The van der Waals surface area contributed by atoms with Gasteiger partial charge in [0.2, 0.25) is 0 Å². The van der Waals surface area contributed by atoms with E-state index in [1.807, 2.05) is 18.2 Å². The predicted molar refractivity (Wildman–Crippen MR) is 87.3 cm³/mol. The molecule has 21 heavy (non-hydrogen) atoms. The lowest BCUT2D eigenvalue weighted by Gasteiger charge is -2.20. The molecular formula is C15H15ClN4S. The maximum Gasteiger partial charge on any atom is 0.138 e. The van der Waals surface area contributed by atoms with Gasteiger partial charge in [0.05, 0.1) is 16.8 Å². The fourth-order valence-corrected chi connectivity index (χ4v) is 3.36. The highest BCUT2D eigenvalue weighted by atomic mass is 35.5. The van der Waals surface area contributed by atoms with Crippen molar-refractivity contribution in [1.29, 1.82) is 0 Å². The summed E-state index contributed by atoms with van der Waals surface area (Å²) >= 11 is 8.10. The number of nitrogens with one attached hydrogen (secondary N) is 1. The van der Waals surface area contributed by atoms with Gasteiger partial charge in [-0.3, -0.25) is 0 Å². The van der Waals surface area contributed by atoms with Crippen LogP contribution >= 0.6 is 22.9 Å². The number of aromatic nitrogens is 3. The van der Waals surface area contributed by atoms with E-state index in [1.54, 1.807) is 22.3 Å². The van der Waals surface area contributed by atoms with Crippen LogP contribution in [0.2, 0.25) is 5.02 Å². The van der Waals surface area contributed by atoms with Crippen molar-refractivity contribution in [1.82, 2.24) is 14.8 Å². The molecule has 0 spiro atoms. The minimum atomic E-state index is 0.255. The molecule has 6 heteroatoms. The second-order valence-electron chi connectivity index (χ2n) is 4.60. The van der Waals surface area contributed by atoms with Crippen LogP contribution in [0, 0.1) is 0 Å². The largest absolute Gasteiger partial charge is 0.376 e. The molecule has 1 aromatic carbocycles. The highest BCUT2D eigenvalue weighted by molar-refractivity contribution is 7.10. The molecule has 3 aromatic rings. The molecule has 1 atom stereocenters. The molecule has 4 nitrogen and oxygen atoms in total. The van der Waals surface area contributed by atoms with Crippen LogP contribution in [0.15, 0.2) is 48.4 Å². The Morgan fingerprint density at radius 1 is 1.33 bits per heavy atom. The molecule has 0 aliphatic carbocycles. The van der Waals surface area contributed by atoms with E-state index in [4.69, 9.17) is 11.6 Å². The van der Waals surface area contributed by atoms with Gasteiger partial charge in [-0.1, -0.05) is 30.7 Å². The van der Waals surface area contributed by atoms with Crippen LogP contribution in [0.3, 0.4) is 0 Å². The van der Waals surface area contributed by atoms with Crippen molar-refractivity contribution in [2.45, 2.75) is 19.4 Å². The van der Waals surface area contributed by atoms with Crippen LogP contribution < -0.4 is 5.32 Å². The van der Waals surface area contributed by atoms with Gasteiger partial charge in [0.1, 0.15) is 18.3 Å². The number of anilines is 1. The van der Waals surface area contributed by atoms with Crippen molar-refractivity contribution in [3.8, 4) is 5.69 Å². The molecule has 0 bridgehead atoms. The molecule has 2 heterocycles. The quantitative estimate of drug-likeness (QED) is 0.750. The number of halogens is 1. The van der Waals surface area contributed by atoms with Crippen LogP contribution in [0.1, 0.15) is 24.3 Å². The minimum Gasteiger partial charge on any atom is -0.376 e. The average molecular weight is 319 g/mol. The van der Waals surface area contributed by atoms with E-state index in [0.717, 1.165) is 17.8 Å². The summed E-state index contributed by atoms with van der Waals surface area (Å²) in [5.41, 5.74) is 1.78. The van der Waals surface area contributed by atoms with Crippen LogP contribution in [0.4, 0.5) is 5.69 Å². The monoisotopic (exact) mass is 318 g/mol. The Kier molecular flexibility index (Phi) is 4.22. The Morgan fingerprint density at radius 3 is 2.90 bits per heavy atom. The third kappa shape index (κ3) is 2.94. The minimum absolute atomic E-state index is 0.255. The smallest absolute Gasteiger partial charge is 0.138 e. The molecule has 0 saturated carbocycles. The van der Waals surface area contributed by atoms with Crippen LogP contribution in [0.25, 0.3) is 5.69 Å². The number of hydrogen-bond acceptors (Lipinski definition) is 4. The summed E-state index contributed by atoms with van der Waals surface area (Å²) < 4.78 is 1.69. The van der Waals surface area contributed by atoms with Crippen LogP contribution in [0.5, 0.6) is 0 Å². The zero-order valence-corrected chi connectivity index (χ0v) is 13.1. The van der Waals surface area contributed by atoms with Gasteiger partial charge in [-0.25, -0.2) is 9.67 Å². The fraction of sp³-hybridized carbons (Fsp3) is 0.200. The van der Waals surface area contributed by atoms with Crippen molar-refractivity contribution in [2.75, 3.05) is 5.32 Å². The summed E-state index contributed by atoms with van der Waals surface area (Å²) in [5, 5.41) is 10.5. The third-order valence-electron chi connectivity index (χ3n) is 3.26. The molecule has 0 fully saturated rings. The van der Waals surface area contributed by atoms with Gasteiger partial charge in [-0.05, 0) is 30.0 Å². The van der Waals surface area contributed by atoms with Crippen LogP contribution in [-0.2, 0) is 0 Å². The molecule has 1 N–H and O–H groups in total. The van der Waals surface area contributed by atoms with Crippen molar-refractivity contribution < 1.29 is 0 Å². The lowest BCUT2D eigenvalue weighted by molar-refractivity contribution is 0.759.